The average Bonchev–Trinajstić information content (AvgIpc) is 2.98. The lowest BCUT2D eigenvalue weighted by molar-refractivity contribution is 0.708. The molecule has 92 valence electrons. The Hall–Kier alpha value is -1.72. The summed E-state index contributed by atoms with van der Waals surface area (Å²) in [5, 5.41) is 7.72. The van der Waals surface area contributed by atoms with Gasteiger partial charge in [0.05, 0.1) is 24.0 Å². The molecule has 0 radical (unpaired) electrons. The van der Waals surface area contributed by atoms with E-state index in [4.69, 9.17) is 0 Å². The van der Waals surface area contributed by atoms with Gasteiger partial charge in [-0.1, -0.05) is 0 Å². The van der Waals surface area contributed by atoms with Crippen molar-refractivity contribution in [3.8, 4) is 0 Å². The Morgan fingerprint density at radius 1 is 1.33 bits per heavy atom. The highest BCUT2D eigenvalue weighted by molar-refractivity contribution is 7.12. The minimum atomic E-state index is 0.172. The predicted molar refractivity (Wildman–Crippen MR) is 72.9 cm³/mol. The second-order valence-corrected chi connectivity index (χ2v) is 5.50. The van der Waals surface area contributed by atoms with Crippen LogP contribution in [0, 0.1) is 6.92 Å². The van der Waals surface area contributed by atoms with E-state index in [1.807, 2.05) is 41.5 Å². The van der Waals surface area contributed by atoms with Crippen molar-refractivity contribution in [2.45, 2.75) is 13.0 Å². The van der Waals surface area contributed by atoms with E-state index >= 15 is 0 Å². The normalized spacial score (nSPS) is 13.0. The highest BCUT2D eigenvalue weighted by Gasteiger charge is 2.18. The Morgan fingerprint density at radius 3 is 2.94 bits per heavy atom. The lowest BCUT2D eigenvalue weighted by atomic mass is 10.1. The van der Waals surface area contributed by atoms with E-state index in [9.17, 15) is 0 Å². The summed E-state index contributed by atoms with van der Waals surface area (Å²) >= 11 is 1.81. The van der Waals surface area contributed by atoms with Crippen molar-refractivity contribution in [3.63, 3.8) is 0 Å². The summed E-state index contributed by atoms with van der Waals surface area (Å²) in [7, 11) is 1.97. The molecule has 3 heterocycles. The lowest BCUT2D eigenvalue weighted by Crippen LogP contribution is -2.16. The van der Waals surface area contributed by atoms with Crippen LogP contribution in [-0.4, -0.2) is 21.6 Å². The third kappa shape index (κ3) is 1.81. The molecule has 0 aliphatic heterocycles. The molecule has 18 heavy (non-hydrogen) atoms. The zero-order chi connectivity index (χ0) is 12.5. The molecule has 1 unspecified atom stereocenters. The van der Waals surface area contributed by atoms with Gasteiger partial charge in [0.2, 0.25) is 0 Å². The van der Waals surface area contributed by atoms with Crippen LogP contribution in [0.15, 0.2) is 36.9 Å². The number of aromatic nitrogens is 3. The first-order chi connectivity index (χ1) is 8.79. The van der Waals surface area contributed by atoms with Gasteiger partial charge in [-0.2, -0.15) is 5.10 Å². The maximum absolute atomic E-state index is 4.36. The number of thiophene rings is 1. The van der Waals surface area contributed by atoms with Crippen LogP contribution in [0.4, 0.5) is 0 Å². The maximum Gasteiger partial charge on any atom is 0.0896 e. The van der Waals surface area contributed by atoms with Gasteiger partial charge in [0.1, 0.15) is 0 Å². The number of fused-ring (bicyclic) bond motifs is 1. The first kappa shape index (κ1) is 11.4. The Morgan fingerprint density at radius 2 is 2.22 bits per heavy atom. The van der Waals surface area contributed by atoms with E-state index in [0.717, 1.165) is 11.1 Å². The molecule has 5 heteroatoms. The van der Waals surface area contributed by atoms with Crippen LogP contribution in [0.3, 0.4) is 0 Å². The van der Waals surface area contributed by atoms with Crippen molar-refractivity contribution in [2.75, 3.05) is 7.05 Å². The summed E-state index contributed by atoms with van der Waals surface area (Å²) in [5.74, 6) is 0. The zero-order valence-corrected chi connectivity index (χ0v) is 11.1. The molecule has 3 aromatic rings. The SMILES string of the molecule is CNC(c1ccc(C)s1)c1cnn2ccncc12. The fraction of sp³-hybridized carbons (Fsp3) is 0.231. The van der Waals surface area contributed by atoms with Gasteiger partial charge in [0.15, 0.2) is 0 Å². The molecule has 1 N–H and O–H groups in total. The van der Waals surface area contributed by atoms with Gasteiger partial charge < -0.3 is 5.32 Å². The second-order valence-electron chi connectivity index (χ2n) is 4.18. The molecule has 0 amide bonds. The minimum absolute atomic E-state index is 0.172. The Kier molecular flexibility index (Phi) is 2.85. The minimum Gasteiger partial charge on any atom is -0.309 e. The fourth-order valence-electron chi connectivity index (χ4n) is 2.13. The average molecular weight is 258 g/mol. The van der Waals surface area contributed by atoms with Crippen LogP contribution in [-0.2, 0) is 0 Å². The molecule has 3 rings (SSSR count). The molecule has 0 spiro atoms. The van der Waals surface area contributed by atoms with Gasteiger partial charge in [-0.15, -0.1) is 11.3 Å². The predicted octanol–water partition coefficient (Wildman–Crippen LogP) is 2.41. The molecule has 0 bridgehead atoms. The largest absolute Gasteiger partial charge is 0.309 e. The van der Waals surface area contributed by atoms with E-state index in [1.54, 1.807) is 6.20 Å². The quantitative estimate of drug-likeness (QED) is 0.784. The van der Waals surface area contributed by atoms with Crippen molar-refractivity contribution in [2.24, 2.45) is 0 Å². The van der Waals surface area contributed by atoms with Crippen molar-refractivity contribution in [3.05, 3.63) is 52.2 Å². The van der Waals surface area contributed by atoms with Gasteiger partial charge in [-0.05, 0) is 26.1 Å². The van der Waals surface area contributed by atoms with Gasteiger partial charge in [0.25, 0.3) is 0 Å². The molecule has 3 aromatic heterocycles. The molecule has 1 atom stereocenters. The molecule has 0 saturated heterocycles. The van der Waals surface area contributed by atoms with Crippen molar-refractivity contribution in [1.82, 2.24) is 19.9 Å². The number of nitrogens with zero attached hydrogens (tertiary/aromatic N) is 3. The standard InChI is InChI=1S/C13H14N4S/c1-9-3-4-12(18-9)13(14-2)10-7-16-17-6-5-15-8-11(10)17/h3-8,13-14H,1-2H3. The summed E-state index contributed by atoms with van der Waals surface area (Å²) in [6.45, 7) is 2.12. The van der Waals surface area contributed by atoms with Gasteiger partial charge >= 0.3 is 0 Å². The molecule has 4 nitrogen and oxygen atoms in total. The topological polar surface area (TPSA) is 42.2 Å². The van der Waals surface area contributed by atoms with Crippen LogP contribution in [0.25, 0.3) is 5.52 Å². The van der Waals surface area contributed by atoms with Crippen molar-refractivity contribution >= 4 is 16.9 Å². The number of nitrogens with one attached hydrogen (secondary N) is 1. The summed E-state index contributed by atoms with van der Waals surface area (Å²) in [5.41, 5.74) is 2.20. The number of rotatable bonds is 3. The molecule has 0 saturated carbocycles. The number of hydrogen-bond donors (Lipinski definition) is 1. The number of aryl methyl sites for hydroxylation is 1. The first-order valence-electron chi connectivity index (χ1n) is 5.80. The highest BCUT2D eigenvalue weighted by atomic mass is 32.1. The monoisotopic (exact) mass is 258 g/mol. The van der Waals surface area contributed by atoms with E-state index in [2.05, 4.69) is 34.5 Å². The first-order valence-corrected chi connectivity index (χ1v) is 6.62. The van der Waals surface area contributed by atoms with Crippen LogP contribution in [0.2, 0.25) is 0 Å². The van der Waals surface area contributed by atoms with Crippen molar-refractivity contribution < 1.29 is 0 Å². The maximum atomic E-state index is 4.36. The smallest absolute Gasteiger partial charge is 0.0896 e. The molecule has 0 aliphatic rings. The van der Waals surface area contributed by atoms with Crippen LogP contribution >= 0.6 is 11.3 Å². The third-order valence-corrected chi connectivity index (χ3v) is 4.07. The third-order valence-electron chi connectivity index (χ3n) is 3.00. The highest BCUT2D eigenvalue weighted by Crippen LogP contribution is 2.29. The Balaban J connectivity index is 2.11. The molecule has 0 aromatic carbocycles. The summed E-state index contributed by atoms with van der Waals surface area (Å²) < 4.78 is 1.85. The molecular formula is C13H14N4S. The van der Waals surface area contributed by atoms with E-state index in [1.165, 1.54) is 9.75 Å². The van der Waals surface area contributed by atoms with Gasteiger partial charge in [-0.25, -0.2) is 4.52 Å². The molecule has 0 aliphatic carbocycles. The van der Waals surface area contributed by atoms with Crippen LogP contribution in [0.1, 0.15) is 21.4 Å². The van der Waals surface area contributed by atoms with Crippen molar-refractivity contribution in [1.29, 1.82) is 0 Å². The Labute approximate surface area is 109 Å². The Bertz CT molecular complexity index is 670. The summed E-state index contributed by atoms with van der Waals surface area (Å²) in [4.78, 5) is 6.80. The summed E-state index contributed by atoms with van der Waals surface area (Å²) in [6, 6.07) is 4.49. The lowest BCUT2D eigenvalue weighted by Gasteiger charge is -2.13. The second kappa shape index (κ2) is 4.51. The van der Waals surface area contributed by atoms with Crippen LogP contribution in [0.5, 0.6) is 0 Å². The van der Waals surface area contributed by atoms with Gasteiger partial charge in [0, 0.05) is 27.7 Å². The zero-order valence-electron chi connectivity index (χ0n) is 10.3. The van der Waals surface area contributed by atoms with E-state index in [-0.39, 0.29) is 6.04 Å². The fourth-order valence-corrected chi connectivity index (χ4v) is 3.14. The van der Waals surface area contributed by atoms with Crippen LogP contribution < -0.4 is 5.32 Å². The van der Waals surface area contributed by atoms with Gasteiger partial charge in [-0.3, -0.25) is 4.98 Å². The number of hydrogen-bond acceptors (Lipinski definition) is 4. The van der Waals surface area contributed by atoms with E-state index < -0.39 is 0 Å². The summed E-state index contributed by atoms with van der Waals surface area (Å²) in [6.07, 6.45) is 7.37. The molecular weight excluding hydrogens is 244 g/mol. The van der Waals surface area contributed by atoms with E-state index in [0.29, 0.717) is 0 Å². The molecule has 0 fully saturated rings.